The van der Waals surface area contributed by atoms with Crippen molar-refractivity contribution >= 4 is 6.92 Å². The first-order chi connectivity index (χ1) is 4.70. The van der Waals surface area contributed by atoms with E-state index >= 15 is 0 Å². The molecule has 0 saturated carbocycles. The summed E-state index contributed by atoms with van der Waals surface area (Å²) >= 11 is 0. The van der Waals surface area contributed by atoms with Crippen LogP contribution in [0.4, 0.5) is 0 Å². The van der Waals surface area contributed by atoms with Crippen LogP contribution in [-0.4, -0.2) is 13.5 Å². The molecule has 0 unspecified atom stereocenters. The van der Waals surface area contributed by atoms with Crippen molar-refractivity contribution in [1.82, 2.24) is 0 Å². The van der Waals surface area contributed by atoms with Crippen LogP contribution in [0.2, 0.25) is 12.6 Å². The summed E-state index contributed by atoms with van der Waals surface area (Å²) in [5.41, 5.74) is 0. The molecule has 0 aliphatic rings. The molecule has 1 nitrogen and oxygen atoms in total. The number of hydrogen-bond donors (Lipinski definition) is 0. The van der Waals surface area contributed by atoms with Crippen LogP contribution in [0.3, 0.4) is 0 Å². The van der Waals surface area contributed by atoms with Crippen molar-refractivity contribution in [1.29, 1.82) is 0 Å². The zero-order chi connectivity index (χ0) is 7.98. The molecule has 0 aromatic heterocycles. The lowest BCUT2D eigenvalue weighted by molar-refractivity contribution is 0.271. The van der Waals surface area contributed by atoms with Crippen molar-refractivity contribution in [3.05, 3.63) is 0 Å². The average molecular weight is 142 g/mol. The highest BCUT2D eigenvalue weighted by molar-refractivity contribution is 6.51. The molecule has 60 valence electrons. The minimum Gasteiger partial charge on any atom is -0.436 e. The maximum atomic E-state index is 5.60. The molecule has 0 atom stereocenters. The van der Waals surface area contributed by atoms with E-state index in [1.165, 1.54) is 0 Å². The van der Waals surface area contributed by atoms with Gasteiger partial charge in [-0.2, -0.15) is 0 Å². The van der Waals surface area contributed by atoms with E-state index < -0.39 is 0 Å². The standard InChI is InChI=1S/C8H19BO/c1-5-9(6-2)10-7-8(3)4/h8H,5-7H2,1-4H3. The summed E-state index contributed by atoms with van der Waals surface area (Å²) in [4.78, 5) is 0. The molecule has 0 aromatic carbocycles. The Balaban J connectivity index is 3.26. The van der Waals surface area contributed by atoms with E-state index in [4.69, 9.17) is 4.65 Å². The largest absolute Gasteiger partial charge is 0.436 e. The molecule has 10 heavy (non-hydrogen) atoms. The van der Waals surface area contributed by atoms with E-state index in [9.17, 15) is 0 Å². The van der Waals surface area contributed by atoms with Crippen molar-refractivity contribution in [3.8, 4) is 0 Å². The minimum absolute atomic E-state index is 0.488. The predicted octanol–water partition coefficient (Wildman–Crippen LogP) is 2.69. The quantitative estimate of drug-likeness (QED) is 0.536. The van der Waals surface area contributed by atoms with E-state index in [2.05, 4.69) is 27.7 Å². The minimum atomic E-state index is 0.488. The molecule has 0 saturated heterocycles. The summed E-state index contributed by atoms with van der Waals surface area (Å²) in [6.45, 7) is 10.1. The first-order valence-corrected chi connectivity index (χ1v) is 4.32. The van der Waals surface area contributed by atoms with E-state index in [0.717, 1.165) is 19.2 Å². The Hall–Kier alpha value is 0.0249. The molecule has 0 N–H and O–H groups in total. The highest BCUT2D eigenvalue weighted by Gasteiger charge is 2.09. The lowest BCUT2D eigenvalue weighted by atomic mass is 9.62. The van der Waals surface area contributed by atoms with Gasteiger partial charge >= 0.3 is 0 Å². The van der Waals surface area contributed by atoms with Gasteiger partial charge in [-0.05, 0) is 5.92 Å². The summed E-state index contributed by atoms with van der Waals surface area (Å²) in [7, 11) is 0. The number of hydrogen-bond acceptors (Lipinski definition) is 1. The van der Waals surface area contributed by atoms with Crippen LogP contribution >= 0.6 is 0 Å². The summed E-state index contributed by atoms with van der Waals surface area (Å²) in [6.07, 6.45) is 2.28. The third-order valence-corrected chi connectivity index (χ3v) is 1.58. The lowest BCUT2D eigenvalue weighted by Gasteiger charge is -2.11. The summed E-state index contributed by atoms with van der Waals surface area (Å²) in [5.74, 6) is 0.667. The Morgan fingerprint density at radius 1 is 1.20 bits per heavy atom. The molecule has 0 radical (unpaired) electrons. The van der Waals surface area contributed by atoms with Crippen LogP contribution in [0.1, 0.15) is 27.7 Å². The zero-order valence-corrected chi connectivity index (χ0v) is 7.68. The van der Waals surface area contributed by atoms with E-state index in [1.54, 1.807) is 0 Å². The molecule has 0 fully saturated rings. The molecule has 2 heteroatoms. The van der Waals surface area contributed by atoms with Crippen molar-refractivity contribution in [2.45, 2.75) is 40.3 Å². The molecule has 0 rings (SSSR count). The SMILES string of the molecule is CCB(CC)OCC(C)C. The molecule has 0 heterocycles. The molecule has 0 spiro atoms. The van der Waals surface area contributed by atoms with E-state index in [1.807, 2.05) is 0 Å². The van der Waals surface area contributed by atoms with Crippen LogP contribution in [0.15, 0.2) is 0 Å². The lowest BCUT2D eigenvalue weighted by Crippen LogP contribution is -2.18. The smallest absolute Gasteiger partial charge is 0.292 e. The van der Waals surface area contributed by atoms with E-state index in [0.29, 0.717) is 12.8 Å². The van der Waals surface area contributed by atoms with Gasteiger partial charge in [0.15, 0.2) is 0 Å². The maximum absolute atomic E-state index is 5.60. The Bertz CT molecular complexity index is 69.7. The number of rotatable bonds is 5. The zero-order valence-electron chi connectivity index (χ0n) is 7.68. The fraction of sp³-hybridized carbons (Fsp3) is 1.00. The first-order valence-electron chi connectivity index (χ1n) is 4.32. The second-order valence-electron chi connectivity index (χ2n) is 3.17. The average Bonchev–Trinajstić information content (AvgIpc) is 1.90. The van der Waals surface area contributed by atoms with Crippen molar-refractivity contribution in [2.24, 2.45) is 5.92 Å². The summed E-state index contributed by atoms with van der Waals surface area (Å²) < 4.78 is 5.60. The van der Waals surface area contributed by atoms with Gasteiger partial charge in [0.1, 0.15) is 0 Å². The molecule has 0 aliphatic heterocycles. The van der Waals surface area contributed by atoms with Gasteiger partial charge in [0.05, 0.1) is 0 Å². The van der Waals surface area contributed by atoms with Crippen LogP contribution in [-0.2, 0) is 4.65 Å². The van der Waals surface area contributed by atoms with Gasteiger partial charge in [0.2, 0.25) is 0 Å². The maximum Gasteiger partial charge on any atom is 0.292 e. The normalized spacial score (nSPS) is 10.5. The molecule has 0 amide bonds. The predicted molar refractivity (Wildman–Crippen MR) is 47.5 cm³/mol. The molecule has 0 aromatic rings. The van der Waals surface area contributed by atoms with Crippen LogP contribution < -0.4 is 0 Å². The Labute approximate surface area is 65.3 Å². The monoisotopic (exact) mass is 142 g/mol. The van der Waals surface area contributed by atoms with Gasteiger partial charge in [-0.3, -0.25) is 0 Å². The van der Waals surface area contributed by atoms with Crippen molar-refractivity contribution in [3.63, 3.8) is 0 Å². The molecular weight excluding hydrogens is 123 g/mol. The summed E-state index contributed by atoms with van der Waals surface area (Å²) in [6, 6.07) is 0. The highest BCUT2D eigenvalue weighted by atomic mass is 16.4. The van der Waals surface area contributed by atoms with Gasteiger partial charge in [-0.1, -0.05) is 40.3 Å². The van der Waals surface area contributed by atoms with Gasteiger partial charge in [-0.25, -0.2) is 0 Å². The van der Waals surface area contributed by atoms with Crippen LogP contribution in [0.25, 0.3) is 0 Å². The van der Waals surface area contributed by atoms with Gasteiger partial charge in [0, 0.05) is 6.61 Å². The first kappa shape index (κ1) is 10.0. The fourth-order valence-corrected chi connectivity index (χ4v) is 0.853. The van der Waals surface area contributed by atoms with Crippen LogP contribution in [0, 0.1) is 5.92 Å². The van der Waals surface area contributed by atoms with Crippen LogP contribution in [0.5, 0.6) is 0 Å². The Kier molecular flexibility index (Phi) is 5.80. The second-order valence-corrected chi connectivity index (χ2v) is 3.17. The van der Waals surface area contributed by atoms with Gasteiger partial charge in [0.25, 0.3) is 6.92 Å². The van der Waals surface area contributed by atoms with Crippen molar-refractivity contribution in [2.75, 3.05) is 6.61 Å². The Morgan fingerprint density at radius 2 is 1.70 bits per heavy atom. The molecule has 0 aliphatic carbocycles. The van der Waals surface area contributed by atoms with E-state index in [-0.39, 0.29) is 0 Å². The third kappa shape index (κ3) is 4.86. The molecular formula is C8H19BO. The molecule has 0 bridgehead atoms. The van der Waals surface area contributed by atoms with Crippen molar-refractivity contribution < 1.29 is 4.65 Å². The van der Waals surface area contributed by atoms with Gasteiger partial charge in [-0.15, -0.1) is 0 Å². The van der Waals surface area contributed by atoms with Gasteiger partial charge < -0.3 is 4.65 Å². The fourth-order valence-electron chi connectivity index (χ4n) is 0.853. The topological polar surface area (TPSA) is 9.23 Å². The summed E-state index contributed by atoms with van der Waals surface area (Å²) in [5, 5.41) is 0. The Morgan fingerprint density at radius 3 is 2.00 bits per heavy atom. The third-order valence-electron chi connectivity index (χ3n) is 1.58. The highest BCUT2D eigenvalue weighted by Crippen LogP contribution is 2.02. The second kappa shape index (κ2) is 5.78.